The quantitative estimate of drug-likeness (QED) is 0.837. The van der Waals surface area contributed by atoms with Crippen molar-refractivity contribution in [2.24, 2.45) is 5.92 Å². The fraction of sp³-hybridized carbons (Fsp3) is 0.500. The average molecular weight is 319 g/mol. The highest BCUT2D eigenvalue weighted by Gasteiger charge is 2.16. The third kappa shape index (κ3) is 4.08. The lowest BCUT2D eigenvalue weighted by molar-refractivity contribution is 0.0950. The molecule has 1 aromatic rings. The Morgan fingerprint density at radius 1 is 1.40 bits per heavy atom. The highest BCUT2D eigenvalue weighted by atomic mass is 35.5. The third-order valence-electron chi connectivity index (χ3n) is 3.49. The topological polar surface area (TPSA) is 41.1 Å². The molecule has 110 valence electrons. The lowest BCUT2D eigenvalue weighted by Crippen LogP contribution is -2.33. The first-order chi connectivity index (χ1) is 9.58. The molecule has 1 heterocycles. The lowest BCUT2D eigenvalue weighted by atomic mass is 9.96. The highest BCUT2D eigenvalue weighted by Crippen LogP contribution is 2.24. The van der Waals surface area contributed by atoms with E-state index in [1.54, 1.807) is 0 Å². The zero-order chi connectivity index (χ0) is 14.5. The number of piperidine rings is 1. The molecule has 2 N–H and O–H groups in total. The number of carbonyl (C=O) groups excluding carboxylic acids is 1. The molecule has 1 atom stereocenters. The lowest BCUT2D eigenvalue weighted by Gasteiger charge is -2.22. The van der Waals surface area contributed by atoms with E-state index >= 15 is 0 Å². The van der Waals surface area contributed by atoms with Crippen molar-refractivity contribution in [2.45, 2.75) is 19.3 Å². The number of halogens is 3. The van der Waals surface area contributed by atoms with E-state index in [-0.39, 0.29) is 21.5 Å². The predicted octanol–water partition coefficient (Wildman–Crippen LogP) is 3.25. The van der Waals surface area contributed by atoms with Gasteiger partial charge in [-0.05, 0) is 50.4 Å². The summed E-state index contributed by atoms with van der Waals surface area (Å²) in [4.78, 5) is 11.9. The van der Waals surface area contributed by atoms with Crippen LogP contribution < -0.4 is 10.6 Å². The van der Waals surface area contributed by atoms with E-state index in [2.05, 4.69) is 10.6 Å². The first-order valence-corrected chi connectivity index (χ1v) is 7.47. The molecule has 1 saturated heterocycles. The van der Waals surface area contributed by atoms with Gasteiger partial charge in [-0.1, -0.05) is 23.2 Å². The van der Waals surface area contributed by atoms with Crippen LogP contribution in [0.25, 0.3) is 0 Å². The maximum atomic E-state index is 13.4. The molecule has 20 heavy (non-hydrogen) atoms. The van der Waals surface area contributed by atoms with Gasteiger partial charge in [0.25, 0.3) is 5.91 Å². The average Bonchev–Trinajstić information content (AvgIpc) is 2.44. The van der Waals surface area contributed by atoms with Gasteiger partial charge in [0, 0.05) is 6.54 Å². The molecule has 1 aromatic carbocycles. The van der Waals surface area contributed by atoms with Gasteiger partial charge in [0.1, 0.15) is 5.82 Å². The van der Waals surface area contributed by atoms with Crippen molar-refractivity contribution in [2.75, 3.05) is 19.6 Å². The van der Waals surface area contributed by atoms with Gasteiger partial charge in [-0.2, -0.15) is 0 Å². The molecule has 1 aliphatic heterocycles. The summed E-state index contributed by atoms with van der Waals surface area (Å²) in [6.07, 6.45) is 3.26. The smallest absolute Gasteiger partial charge is 0.252 e. The summed E-state index contributed by atoms with van der Waals surface area (Å²) in [5.41, 5.74) is 0.121. The second-order valence-electron chi connectivity index (χ2n) is 5.00. The van der Waals surface area contributed by atoms with Crippen molar-refractivity contribution < 1.29 is 9.18 Å². The van der Waals surface area contributed by atoms with E-state index < -0.39 is 5.82 Å². The van der Waals surface area contributed by atoms with Crippen LogP contribution in [-0.2, 0) is 0 Å². The summed E-state index contributed by atoms with van der Waals surface area (Å²) in [6.45, 7) is 2.63. The molecule has 1 unspecified atom stereocenters. The van der Waals surface area contributed by atoms with Crippen LogP contribution in [0.2, 0.25) is 10.0 Å². The Morgan fingerprint density at radius 2 is 2.20 bits per heavy atom. The van der Waals surface area contributed by atoms with Crippen molar-refractivity contribution in [1.82, 2.24) is 10.6 Å². The molecule has 0 aliphatic carbocycles. The number of carbonyl (C=O) groups is 1. The summed E-state index contributed by atoms with van der Waals surface area (Å²) in [6, 6.07) is 2.32. The SMILES string of the molecule is O=C(NCCC1CCCNC1)c1cc(F)c(Cl)cc1Cl. The second kappa shape index (κ2) is 7.25. The minimum atomic E-state index is -0.641. The van der Waals surface area contributed by atoms with Crippen LogP contribution in [0.4, 0.5) is 4.39 Å². The second-order valence-corrected chi connectivity index (χ2v) is 5.82. The highest BCUT2D eigenvalue weighted by molar-refractivity contribution is 6.36. The Hall–Kier alpha value is -0.840. The Kier molecular flexibility index (Phi) is 5.64. The standard InChI is InChI=1S/C14H17Cl2FN2O/c15-11-7-12(16)13(17)6-10(11)14(20)19-5-3-9-2-1-4-18-8-9/h6-7,9,18H,1-5,8H2,(H,19,20). The van der Waals surface area contributed by atoms with E-state index in [1.165, 1.54) is 18.9 Å². The Balaban J connectivity index is 1.87. The van der Waals surface area contributed by atoms with E-state index in [1.807, 2.05) is 0 Å². The van der Waals surface area contributed by atoms with Crippen molar-refractivity contribution in [3.63, 3.8) is 0 Å². The number of benzene rings is 1. The molecule has 1 aliphatic rings. The van der Waals surface area contributed by atoms with Crippen LogP contribution in [0.1, 0.15) is 29.6 Å². The first kappa shape index (κ1) is 15.5. The zero-order valence-electron chi connectivity index (χ0n) is 11.0. The van der Waals surface area contributed by atoms with Crippen molar-refractivity contribution in [1.29, 1.82) is 0 Å². The van der Waals surface area contributed by atoms with Gasteiger partial charge in [0.15, 0.2) is 0 Å². The van der Waals surface area contributed by atoms with Crippen LogP contribution in [0, 0.1) is 11.7 Å². The van der Waals surface area contributed by atoms with Gasteiger partial charge >= 0.3 is 0 Å². The summed E-state index contributed by atoms with van der Waals surface area (Å²) in [5.74, 6) is -0.423. The van der Waals surface area contributed by atoms with Gasteiger partial charge in [-0.3, -0.25) is 4.79 Å². The van der Waals surface area contributed by atoms with E-state index in [0.717, 1.165) is 25.6 Å². The molecular formula is C14H17Cl2FN2O. The van der Waals surface area contributed by atoms with Crippen LogP contribution in [-0.4, -0.2) is 25.5 Å². The number of hydrogen-bond acceptors (Lipinski definition) is 2. The fourth-order valence-corrected chi connectivity index (χ4v) is 2.82. The van der Waals surface area contributed by atoms with Crippen LogP contribution in [0.15, 0.2) is 12.1 Å². The minimum absolute atomic E-state index is 0.0835. The normalized spacial score (nSPS) is 18.9. The molecule has 6 heteroatoms. The zero-order valence-corrected chi connectivity index (χ0v) is 12.5. The van der Waals surface area contributed by atoms with Crippen molar-refractivity contribution >= 4 is 29.1 Å². The Labute approximate surface area is 127 Å². The molecule has 3 nitrogen and oxygen atoms in total. The van der Waals surface area contributed by atoms with Crippen LogP contribution in [0.5, 0.6) is 0 Å². The number of amides is 1. The van der Waals surface area contributed by atoms with Crippen LogP contribution >= 0.6 is 23.2 Å². The monoisotopic (exact) mass is 318 g/mol. The van der Waals surface area contributed by atoms with E-state index in [9.17, 15) is 9.18 Å². The van der Waals surface area contributed by atoms with Crippen molar-refractivity contribution in [3.8, 4) is 0 Å². The summed E-state index contributed by atoms with van der Waals surface area (Å²) in [7, 11) is 0. The Morgan fingerprint density at radius 3 is 2.90 bits per heavy atom. The first-order valence-electron chi connectivity index (χ1n) is 6.71. The van der Waals surface area contributed by atoms with E-state index in [4.69, 9.17) is 23.2 Å². The van der Waals surface area contributed by atoms with E-state index in [0.29, 0.717) is 12.5 Å². The number of hydrogen-bond donors (Lipinski definition) is 2. The van der Waals surface area contributed by atoms with Gasteiger partial charge in [0.05, 0.1) is 15.6 Å². The molecule has 0 saturated carbocycles. The minimum Gasteiger partial charge on any atom is -0.352 e. The predicted molar refractivity (Wildman–Crippen MR) is 79.0 cm³/mol. The fourth-order valence-electron chi connectivity index (χ4n) is 2.35. The molecular weight excluding hydrogens is 302 g/mol. The molecule has 0 bridgehead atoms. The van der Waals surface area contributed by atoms with Gasteiger partial charge in [-0.15, -0.1) is 0 Å². The largest absolute Gasteiger partial charge is 0.352 e. The molecule has 1 fully saturated rings. The van der Waals surface area contributed by atoms with Gasteiger partial charge in [-0.25, -0.2) is 4.39 Å². The summed E-state index contributed by atoms with van der Waals surface area (Å²) in [5, 5.41) is 6.18. The maximum Gasteiger partial charge on any atom is 0.252 e. The Bertz CT molecular complexity index is 490. The molecule has 2 rings (SSSR count). The number of nitrogens with one attached hydrogen (secondary N) is 2. The molecule has 1 amide bonds. The molecule has 0 radical (unpaired) electrons. The summed E-state index contributed by atoms with van der Waals surface area (Å²) >= 11 is 11.5. The maximum absolute atomic E-state index is 13.4. The number of rotatable bonds is 4. The molecule has 0 spiro atoms. The summed E-state index contributed by atoms with van der Waals surface area (Å²) < 4.78 is 13.4. The van der Waals surface area contributed by atoms with Gasteiger partial charge < -0.3 is 10.6 Å². The molecule has 0 aromatic heterocycles. The van der Waals surface area contributed by atoms with Crippen LogP contribution in [0.3, 0.4) is 0 Å². The van der Waals surface area contributed by atoms with Crippen molar-refractivity contribution in [3.05, 3.63) is 33.6 Å². The third-order valence-corrected chi connectivity index (χ3v) is 4.09. The van der Waals surface area contributed by atoms with Gasteiger partial charge in [0.2, 0.25) is 0 Å².